The average Bonchev–Trinajstić information content (AvgIpc) is 3.13. The van der Waals surface area contributed by atoms with Crippen molar-refractivity contribution in [1.29, 1.82) is 0 Å². The number of phosphoric ester groups is 1. The largest absolute Gasteiger partial charge is 0.498 e. The number of carbonyl (C=O) groups is 1. The van der Waals surface area contributed by atoms with Crippen molar-refractivity contribution in [3.05, 3.63) is 24.5 Å². The summed E-state index contributed by atoms with van der Waals surface area (Å²) in [5, 5.41) is 0. The summed E-state index contributed by atoms with van der Waals surface area (Å²) >= 11 is 0. The number of nitrogens with two attached hydrogens (primary N) is 1. The zero-order chi connectivity index (χ0) is 38.1. The topological polar surface area (TPSA) is 117 Å². The van der Waals surface area contributed by atoms with Gasteiger partial charge in [-0.05, 0) is 51.0 Å². The highest BCUT2D eigenvalue weighted by Crippen LogP contribution is 2.43. The van der Waals surface area contributed by atoms with E-state index in [1.807, 2.05) is 6.08 Å². The molecule has 9 heteroatoms. The van der Waals surface area contributed by atoms with Crippen molar-refractivity contribution in [2.75, 3.05) is 26.4 Å². The van der Waals surface area contributed by atoms with Gasteiger partial charge in [-0.15, -0.1) is 0 Å². The molecule has 2 atom stereocenters. The minimum absolute atomic E-state index is 0.0331. The maximum Gasteiger partial charge on any atom is 0.472 e. The van der Waals surface area contributed by atoms with Crippen LogP contribution in [-0.4, -0.2) is 43.3 Å². The van der Waals surface area contributed by atoms with E-state index >= 15 is 0 Å². The van der Waals surface area contributed by atoms with E-state index in [0.29, 0.717) is 6.42 Å². The molecule has 0 heterocycles. The number of esters is 1. The summed E-state index contributed by atoms with van der Waals surface area (Å²) in [6, 6.07) is 0. The van der Waals surface area contributed by atoms with E-state index in [2.05, 4.69) is 26.0 Å². The standard InChI is InChI=1S/C43H84NO7P/c1-3-5-7-9-11-13-15-17-19-21-22-24-26-28-30-32-34-36-43(45)51-42(41-50-52(46,47)49-39-37-44)40-48-38-35-33-31-29-27-25-23-20-18-16-14-12-10-8-6-4-2/h14,16,35,38,42H,3-13,15,17-34,36-37,39-41,44H2,1-2H3,(H,46,47)/b16-14-,38-35-/t42-/m1/s1. The monoisotopic (exact) mass is 758 g/mol. The molecule has 0 aliphatic carbocycles. The molecule has 8 nitrogen and oxygen atoms in total. The summed E-state index contributed by atoms with van der Waals surface area (Å²) in [5.74, 6) is -0.351. The molecule has 0 aromatic carbocycles. The van der Waals surface area contributed by atoms with Gasteiger partial charge in [0, 0.05) is 13.0 Å². The van der Waals surface area contributed by atoms with Crippen molar-refractivity contribution < 1.29 is 32.8 Å². The number of hydrogen-bond acceptors (Lipinski definition) is 7. The highest BCUT2D eigenvalue weighted by Gasteiger charge is 2.25. The van der Waals surface area contributed by atoms with Crippen LogP contribution in [0.1, 0.15) is 213 Å². The molecular formula is C43H84NO7P. The lowest BCUT2D eigenvalue weighted by atomic mass is 10.0. The van der Waals surface area contributed by atoms with Gasteiger partial charge in [0.25, 0.3) is 0 Å². The molecular weight excluding hydrogens is 673 g/mol. The summed E-state index contributed by atoms with van der Waals surface area (Å²) in [6.07, 6.45) is 45.7. The molecule has 0 aliphatic rings. The Hall–Kier alpha value is -1.18. The first kappa shape index (κ1) is 50.8. The van der Waals surface area contributed by atoms with Gasteiger partial charge in [0.15, 0.2) is 6.10 Å². The van der Waals surface area contributed by atoms with Gasteiger partial charge in [-0.1, -0.05) is 174 Å². The Morgan fingerprint density at radius 2 is 0.981 bits per heavy atom. The van der Waals surface area contributed by atoms with E-state index in [4.69, 9.17) is 24.3 Å². The number of ether oxygens (including phenoxy) is 2. The molecule has 1 unspecified atom stereocenters. The van der Waals surface area contributed by atoms with Crippen LogP contribution in [0.15, 0.2) is 24.5 Å². The average molecular weight is 758 g/mol. The lowest BCUT2D eigenvalue weighted by Gasteiger charge is -2.19. The molecule has 0 fully saturated rings. The Morgan fingerprint density at radius 3 is 1.44 bits per heavy atom. The van der Waals surface area contributed by atoms with Gasteiger partial charge in [0.1, 0.15) is 6.61 Å². The van der Waals surface area contributed by atoms with Crippen LogP contribution < -0.4 is 5.73 Å². The van der Waals surface area contributed by atoms with Gasteiger partial charge in [0.2, 0.25) is 0 Å². The molecule has 3 N–H and O–H groups in total. The first-order valence-corrected chi connectivity index (χ1v) is 23.4. The second-order valence-electron chi connectivity index (χ2n) is 14.6. The first-order chi connectivity index (χ1) is 25.4. The maximum atomic E-state index is 12.6. The van der Waals surface area contributed by atoms with Crippen molar-refractivity contribution in [3.63, 3.8) is 0 Å². The fourth-order valence-corrected chi connectivity index (χ4v) is 6.96. The van der Waals surface area contributed by atoms with Gasteiger partial charge < -0.3 is 20.1 Å². The summed E-state index contributed by atoms with van der Waals surface area (Å²) < 4.78 is 33.2. The van der Waals surface area contributed by atoms with E-state index in [-0.39, 0.29) is 32.3 Å². The van der Waals surface area contributed by atoms with Gasteiger partial charge in [0.05, 0.1) is 19.5 Å². The molecule has 0 saturated heterocycles. The van der Waals surface area contributed by atoms with Crippen LogP contribution in [0.25, 0.3) is 0 Å². The molecule has 0 amide bonds. The summed E-state index contributed by atoms with van der Waals surface area (Å²) in [6.45, 7) is 4.25. The number of unbranched alkanes of at least 4 members (excludes halogenated alkanes) is 27. The lowest BCUT2D eigenvalue weighted by Crippen LogP contribution is -2.27. The third-order valence-electron chi connectivity index (χ3n) is 9.44. The van der Waals surface area contributed by atoms with Crippen LogP contribution >= 0.6 is 7.82 Å². The molecule has 0 spiro atoms. The molecule has 0 aliphatic heterocycles. The summed E-state index contributed by atoms with van der Waals surface area (Å²) in [5.41, 5.74) is 5.36. The highest BCUT2D eigenvalue weighted by molar-refractivity contribution is 7.47. The predicted octanol–water partition coefficient (Wildman–Crippen LogP) is 13.2. The lowest BCUT2D eigenvalue weighted by molar-refractivity contribution is -0.153. The van der Waals surface area contributed by atoms with Gasteiger partial charge in [-0.2, -0.15) is 0 Å². The molecule has 308 valence electrons. The van der Waals surface area contributed by atoms with E-state index in [9.17, 15) is 14.3 Å². The zero-order valence-corrected chi connectivity index (χ0v) is 35.0. The zero-order valence-electron chi connectivity index (χ0n) is 34.1. The fourth-order valence-electron chi connectivity index (χ4n) is 6.19. The second-order valence-corrected chi connectivity index (χ2v) is 16.1. The van der Waals surface area contributed by atoms with Crippen molar-refractivity contribution in [2.24, 2.45) is 5.73 Å². The quantitative estimate of drug-likeness (QED) is 0.0208. The van der Waals surface area contributed by atoms with Crippen molar-refractivity contribution in [3.8, 4) is 0 Å². The van der Waals surface area contributed by atoms with E-state index in [1.54, 1.807) is 6.26 Å². The van der Waals surface area contributed by atoms with Gasteiger partial charge in [-0.25, -0.2) is 4.57 Å². The van der Waals surface area contributed by atoms with Crippen LogP contribution in [0.3, 0.4) is 0 Å². The Balaban J connectivity index is 4.05. The Bertz CT molecular complexity index is 853. The maximum absolute atomic E-state index is 12.6. The summed E-state index contributed by atoms with van der Waals surface area (Å²) in [4.78, 5) is 22.4. The normalized spacial score (nSPS) is 13.6. The van der Waals surface area contributed by atoms with Crippen LogP contribution in [0.4, 0.5) is 0 Å². The van der Waals surface area contributed by atoms with Crippen molar-refractivity contribution >= 4 is 13.8 Å². The predicted molar refractivity (Wildman–Crippen MR) is 219 cm³/mol. The third-order valence-corrected chi connectivity index (χ3v) is 10.4. The Labute approximate surface area is 321 Å². The molecule has 0 radical (unpaired) electrons. The van der Waals surface area contributed by atoms with Crippen LogP contribution in [0.5, 0.6) is 0 Å². The number of phosphoric acid groups is 1. The molecule has 0 saturated carbocycles. The Kier molecular flexibility index (Phi) is 40.1. The number of rotatable bonds is 42. The van der Waals surface area contributed by atoms with Gasteiger partial charge >= 0.3 is 13.8 Å². The van der Waals surface area contributed by atoms with Crippen LogP contribution in [-0.2, 0) is 27.9 Å². The highest BCUT2D eigenvalue weighted by atomic mass is 31.2. The minimum Gasteiger partial charge on any atom is -0.498 e. The molecule has 0 bridgehead atoms. The van der Waals surface area contributed by atoms with E-state index < -0.39 is 13.9 Å². The smallest absolute Gasteiger partial charge is 0.472 e. The van der Waals surface area contributed by atoms with Crippen molar-refractivity contribution in [1.82, 2.24) is 0 Å². The second kappa shape index (κ2) is 41.0. The SMILES string of the molecule is CCCCCC/C=C\CCCCCCCC/C=C\OC[C@H](COP(=O)(O)OCCN)OC(=O)CCCCCCCCCCCCCCCCCCC. The van der Waals surface area contributed by atoms with Crippen molar-refractivity contribution in [2.45, 2.75) is 219 Å². The molecule has 0 rings (SSSR count). The Morgan fingerprint density at radius 1 is 0.577 bits per heavy atom. The molecule has 0 aromatic rings. The van der Waals surface area contributed by atoms with Crippen LogP contribution in [0, 0.1) is 0 Å². The number of hydrogen-bond donors (Lipinski definition) is 2. The first-order valence-electron chi connectivity index (χ1n) is 21.9. The number of allylic oxidation sites excluding steroid dienone is 3. The summed E-state index contributed by atoms with van der Waals surface area (Å²) in [7, 11) is -4.29. The number of carbonyl (C=O) groups excluding carboxylic acids is 1. The molecule has 52 heavy (non-hydrogen) atoms. The van der Waals surface area contributed by atoms with Crippen LogP contribution in [0.2, 0.25) is 0 Å². The van der Waals surface area contributed by atoms with E-state index in [1.165, 1.54) is 161 Å². The third kappa shape index (κ3) is 40.0. The van der Waals surface area contributed by atoms with E-state index in [0.717, 1.165) is 32.1 Å². The molecule has 0 aromatic heterocycles. The minimum atomic E-state index is -4.29. The van der Waals surface area contributed by atoms with Gasteiger partial charge in [-0.3, -0.25) is 13.8 Å². The fraction of sp³-hybridized carbons (Fsp3) is 0.884.